The normalized spacial score (nSPS) is 13.3. The standard InChI is InChI=1S/C16H14N2O3/c19-11-17-13-6-7-14-15(8-13)21-10-16(20)18(14)9-12-4-2-1-3-5-12/h1-8,11H,9-10H2,(H,17,19). The van der Waals surface area contributed by atoms with E-state index in [0.29, 0.717) is 30.1 Å². The molecular weight excluding hydrogens is 268 g/mol. The van der Waals surface area contributed by atoms with E-state index in [2.05, 4.69) is 5.32 Å². The van der Waals surface area contributed by atoms with Crippen LogP contribution in [0.4, 0.5) is 11.4 Å². The second-order valence-electron chi connectivity index (χ2n) is 4.70. The molecule has 1 aliphatic heterocycles. The minimum absolute atomic E-state index is 0.00434. The Morgan fingerprint density at radius 1 is 1.19 bits per heavy atom. The third-order valence-electron chi connectivity index (χ3n) is 3.31. The maximum atomic E-state index is 12.1. The van der Waals surface area contributed by atoms with Gasteiger partial charge in [0.25, 0.3) is 5.91 Å². The van der Waals surface area contributed by atoms with E-state index in [-0.39, 0.29) is 12.5 Å². The lowest BCUT2D eigenvalue weighted by molar-refractivity contribution is -0.121. The number of nitrogens with one attached hydrogen (secondary N) is 1. The van der Waals surface area contributed by atoms with Crippen LogP contribution in [0.15, 0.2) is 48.5 Å². The second kappa shape index (κ2) is 5.66. The van der Waals surface area contributed by atoms with Crippen molar-refractivity contribution in [2.24, 2.45) is 0 Å². The third kappa shape index (κ3) is 2.72. The van der Waals surface area contributed by atoms with Crippen LogP contribution in [0.2, 0.25) is 0 Å². The summed E-state index contributed by atoms with van der Waals surface area (Å²) in [7, 11) is 0. The van der Waals surface area contributed by atoms with Crippen molar-refractivity contribution in [1.29, 1.82) is 0 Å². The first-order chi connectivity index (χ1) is 10.3. The summed E-state index contributed by atoms with van der Waals surface area (Å²) in [5.74, 6) is 0.514. The molecule has 0 fully saturated rings. The van der Waals surface area contributed by atoms with Crippen molar-refractivity contribution in [3.05, 3.63) is 54.1 Å². The molecule has 2 aromatic rings. The average molecular weight is 282 g/mol. The molecule has 2 amide bonds. The number of fused-ring (bicyclic) bond motifs is 1. The maximum Gasteiger partial charge on any atom is 0.265 e. The first-order valence-electron chi connectivity index (χ1n) is 6.59. The van der Waals surface area contributed by atoms with E-state index in [9.17, 15) is 9.59 Å². The zero-order valence-electron chi connectivity index (χ0n) is 11.3. The molecule has 21 heavy (non-hydrogen) atoms. The van der Waals surface area contributed by atoms with Crippen molar-refractivity contribution in [3.63, 3.8) is 0 Å². The molecule has 0 radical (unpaired) electrons. The zero-order valence-corrected chi connectivity index (χ0v) is 11.3. The number of carbonyl (C=O) groups is 2. The SMILES string of the molecule is O=CNc1ccc2c(c1)OCC(=O)N2Cc1ccccc1. The Morgan fingerprint density at radius 3 is 2.76 bits per heavy atom. The molecule has 5 heteroatoms. The Hall–Kier alpha value is -2.82. The van der Waals surface area contributed by atoms with Gasteiger partial charge >= 0.3 is 0 Å². The highest BCUT2D eigenvalue weighted by molar-refractivity contribution is 5.98. The molecule has 1 heterocycles. The number of carbonyl (C=O) groups excluding carboxylic acids is 2. The summed E-state index contributed by atoms with van der Waals surface area (Å²) < 4.78 is 5.44. The van der Waals surface area contributed by atoms with Gasteiger partial charge in [-0.25, -0.2) is 0 Å². The summed E-state index contributed by atoms with van der Waals surface area (Å²) in [6.45, 7) is 0.501. The van der Waals surface area contributed by atoms with Gasteiger partial charge in [-0.1, -0.05) is 30.3 Å². The first-order valence-corrected chi connectivity index (χ1v) is 6.59. The molecule has 0 bridgehead atoms. The molecule has 3 rings (SSSR count). The van der Waals surface area contributed by atoms with Gasteiger partial charge in [-0.3, -0.25) is 9.59 Å². The van der Waals surface area contributed by atoms with E-state index in [4.69, 9.17) is 4.74 Å². The van der Waals surface area contributed by atoms with Crippen molar-refractivity contribution in [1.82, 2.24) is 0 Å². The van der Waals surface area contributed by atoms with Crippen LogP contribution in [-0.2, 0) is 16.1 Å². The Labute approximate surface area is 122 Å². The van der Waals surface area contributed by atoms with Crippen molar-refractivity contribution >= 4 is 23.7 Å². The lowest BCUT2D eigenvalue weighted by Crippen LogP contribution is -2.38. The number of hydrogen-bond donors (Lipinski definition) is 1. The van der Waals surface area contributed by atoms with Gasteiger partial charge in [0, 0.05) is 11.8 Å². The third-order valence-corrected chi connectivity index (χ3v) is 3.31. The van der Waals surface area contributed by atoms with E-state index >= 15 is 0 Å². The Kier molecular flexibility index (Phi) is 3.55. The topological polar surface area (TPSA) is 58.6 Å². The summed E-state index contributed by atoms with van der Waals surface area (Å²) in [6.07, 6.45) is 0.609. The fourth-order valence-corrected chi connectivity index (χ4v) is 2.30. The summed E-state index contributed by atoms with van der Waals surface area (Å²) in [6, 6.07) is 15.0. The van der Waals surface area contributed by atoms with Gasteiger partial charge in [-0.2, -0.15) is 0 Å². The van der Waals surface area contributed by atoms with Crippen LogP contribution in [-0.4, -0.2) is 18.9 Å². The van der Waals surface area contributed by atoms with E-state index < -0.39 is 0 Å². The van der Waals surface area contributed by atoms with Crippen LogP contribution >= 0.6 is 0 Å². The first kappa shape index (κ1) is 13.2. The molecule has 1 aliphatic rings. The second-order valence-corrected chi connectivity index (χ2v) is 4.70. The molecule has 1 N–H and O–H groups in total. The molecule has 0 saturated heterocycles. The largest absolute Gasteiger partial charge is 0.481 e. The number of rotatable bonds is 4. The van der Waals surface area contributed by atoms with Crippen LogP contribution in [0.1, 0.15) is 5.56 Å². The van der Waals surface area contributed by atoms with E-state index in [0.717, 1.165) is 5.56 Å². The molecule has 0 atom stereocenters. The van der Waals surface area contributed by atoms with Gasteiger partial charge in [-0.05, 0) is 17.7 Å². The van der Waals surface area contributed by atoms with Gasteiger partial charge in [0.2, 0.25) is 6.41 Å². The molecule has 2 aromatic carbocycles. The highest BCUT2D eigenvalue weighted by atomic mass is 16.5. The number of amides is 2. The van der Waals surface area contributed by atoms with Gasteiger partial charge in [0.1, 0.15) is 5.75 Å². The van der Waals surface area contributed by atoms with Crippen molar-refractivity contribution in [2.45, 2.75) is 6.54 Å². The molecule has 5 nitrogen and oxygen atoms in total. The number of ether oxygens (including phenoxy) is 1. The summed E-state index contributed by atoms with van der Waals surface area (Å²) >= 11 is 0. The summed E-state index contributed by atoms with van der Waals surface area (Å²) in [5, 5.41) is 2.57. The lowest BCUT2D eigenvalue weighted by atomic mass is 10.1. The van der Waals surface area contributed by atoms with Crippen LogP contribution in [0.5, 0.6) is 5.75 Å². The quantitative estimate of drug-likeness (QED) is 0.874. The van der Waals surface area contributed by atoms with Crippen LogP contribution in [0.3, 0.4) is 0 Å². The predicted octanol–water partition coefficient (Wildman–Crippen LogP) is 2.18. The van der Waals surface area contributed by atoms with E-state index in [1.54, 1.807) is 23.1 Å². The fraction of sp³-hybridized carbons (Fsp3) is 0.125. The Bertz CT molecular complexity index is 670. The highest BCUT2D eigenvalue weighted by Gasteiger charge is 2.25. The minimum atomic E-state index is -0.0811. The number of hydrogen-bond acceptors (Lipinski definition) is 3. The molecular formula is C16H14N2O3. The predicted molar refractivity (Wildman–Crippen MR) is 79.3 cm³/mol. The van der Waals surface area contributed by atoms with Crippen molar-refractivity contribution in [2.75, 3.05) is 16.8 Å². The monoisotopic (exact) mass is 282 g/mol. The van der Waals surface area contributed by atoms with Crippen LogP contribution in [0, 0.1) is 0 Å². The molecule has 0 unspecified atom stereocenters. The number of nitrogens with zero attached hydrogens (tertiary/aromatic N) is 1. The van der Waals surface area contributed by atoms with E-state index in [1.807, 2.05) is 30.3 Å². The van der Waals surface area contributed by atoms with Crippen molar-refractivity contribution in [3.8, 4) is 5.75 Å². The molecule has 106 valence electrons. The molecule has 0 saturated carbocycles. The maximum absolute atomic E-state index is 12.1. The van der Waals surface area contributed by atoms with Crippen LogP contribution in [0.25, 0.3) is 0 Å². The highest BCUT2D eigenvalue weighted by Crippen LogP contribution is 2.35. The fourth-order valence-electron chi connectivity index (χ4n) is 2.30. The van der Waals surface area contributed by atoms with Gasteiger partial charge in [0.05, 0.1) is 12.2 Å². The molecule has 0 aromatic heterocycles. The summed E-state index contributed by atoms with van der Waals surface area (Å²) in [4.78, 5) is 24.3. The zero-order chi connectivity index (χ0) is 14.7. The Morgan fingerprint density at radius 2 is 2.00 bits per heavy atom. The molecule has 0 spiro atoms. The van der Waals surface area contributed by atoms with Crippen molar-refractivity contribution < 1.29 is 14.3 Å². The molecule has 0 aliphatic carbocycles. The van der Waals surface area contributed by atoms with Gasteiger partial charge in [0.15, 0.2) is 6.61 Å². The lowest BCUT2D eigenvalue weighted by Gasteiger charge is -2.29. The van der Waals surface area contributed by atoms with Crippen LogP contribution < -0.4 is 15.0 Å². The minimum Gasteiger partial charge on any atom is -0.481 e. The smallest absolute Gasteiger partial charge is 0.265 e. The number of benzene rings is 2. The van der Waals surface area contributed by atoms with Gasteiger partial charge in [-0.15, -0.1) is 0 Å². The van der Waals surface area contributed by atoms with E-state index in [1.165, 1.54) is 0 Å². The Balaban J connectivity index is 1.91. The number of anilines is 2. The van der Waals surface area contributed by atoms with Gasteiger partial charge < -0.3 is 15.0 Å². The average Bonchev–Trinajstić information content (AvgIpc) is 2.51. The summed E-state index contributed by atoms with van der Waals surface area (Å²) in [5.41, 5.74) is 2.40.